The first-order valence-corrected chi connectivity index (χ1v) is 13.9. The van der Waals surface area contributed by atoms with Gasteiger partial charge >= 0.3 is 6.09 Å². The van der Waals surface area contributed by atoms with E-state index < -0.39 is 0 Å². The Balaban J connectivity index is 1.34. The standard InChI is InChI=1S/C27H36N5O6P/c1-17(2)36-27(34)31-11-8-21(9-12-31)37-25-18(3)26(29-16-28-25)38-22-7-6-19(13-23(22)39)14-24(33)32-10-4-5-20(15-32)30-35/h6-7,13,16-17,20-21H,4-5,8-12,14-15,39H2,1-3H3. The van der Waals surface area contributed by atoms with Gasteiger partial charge in [0.1, 0.15) is 24.2 Å². The minimum Gasteiger partial charge on any atom is -0.474 e. The summed E-state index contributed by atoms with van der Waals surface area (Å²) in [5.74, 6) is 1.40. The molecule has 2 aliphatic heterocycles. The van der Waals surface area contributed by atoms with Gasteiger partial charge in [-0.1, -0.05) is 11.2 Å². The van der Waals surface area contributed by atoms with Crippen molar-refractivity contribution < 1.29 is 23.8 Å². The summed E-state index contributed by atoms with van der Waals surface area (Å²) in [5.41, 5.74) is 1.52. The maximum absolute atomic E-state index is 12.7. The van der Waals surface area contributed by atoms with Crippen molar-refractivity contribution in [3.63, 3.8) is 0 Å². The Bertz CT molecular complexity index is 1190. The van der Waals surface area contributed by atoms with E-state index in [0.29, 0.717) is 62.1 Å². The molecule has 2 atom stereocenters. The Morgan fingerprint density at radius 2 is 1.85 bits per heavy atom. The molecule has 12 heteroatoms. The predicted molar refractivity (Wildman–Crippen MR) is 149 cm³/mol. The summed E-state index contributed by atoms with van der Waals surface area (Å²) >= 11 is 0. The second-order valence-corrected chi connectivity index (χ2v) is 10.9. The number of rotatable bonds is 8. The lowest BCUT2D eigenvalue weighted by Gasteiger charge is -2.32. The summed E-state index contributed by atoms with van der Waals surface area (Å²) < 4.78 is 17.5. The van der Waals surface area contributed by atoms with Crippen LogP contribution in [0.15, 0.2) is 29.7 Å². The molecule has 11 nitrogen and oxygen atoms in total. The van der Waals surface area contributed by atoms with Crippen molar-refractivity contribution >= 4 is 26.5 Å². The average molecular weight is 558 g/mol. The monoisotopic (exact) mass is 557 g/mol. The molecule has 2 aromatic rings. The lowest BCUT2D eigenvalue weighted by molar-refractivity contribution is -0.131. The van der Waals surface area contributed by atoms with Gasteiger partial charge in [-0.05, 0) is 51.3 Å². The maximum Gasteiger partial charge on any atom is 0.410 e. The largest absolute Gasteiger partial charge is 0.474 e. The third-order valence-electron chi connectivity index (χ3n) is 6.84. The van der Waals surface area contributed by atoms with Crippen LogP contribution in [0.1, 0.15) is 50.7 Å². The number of hydrogen-bond donors (Lipinski definition) is 0. The Labute approximate surface area is 230 Å². The third-order valence-corrected chi connectivity index (χ3v) is 7.29. The Hall–Kier alpha value is -3.33. The first-order chi connectivity index (χ1) is 18.7. The molecule has 3 heterocycles. The Morgan fingerprint density at radius 1 is 1.10 bits per heavy atom. The van der Waals surface area contributed by atoms with E-state index in [1.807, 2.05) is 39.0 Å². The van der Waals surface area contributed by atoms with Gasteiger partial charge in [0.2, 0.25) is 17.7 Å². The van der Waals surface area contributed by atoms with Gasteiger partial charge in [-0.3, -0.25) is 4.79 Å². The van der Waals surface area contributed by atoms with E-state index in [1.165, 1.54) is 6.33 Å². The van der Waals surface area contributed by atoms with Crippen LogP contribution in [0, 0.1) is 11.8 Å². The molecule has 2 saturated heterocycles. The first kappa shape index (κ1) is 28.7. The summed E-state index contributed by atoms with van der Waals surface area (Å²) in [6, 6.07) is 5.24. The van der Waals surface area contributed by atoms with E-state index in [0.717, 1.165) is 23.7 Å². The van der Waals surface area contributed by atoms with Crippen molar-refractivity contribution in [1.82, 2.24) is 19.8 Å². The van der Waals surface area contributed by atoms with Crippen molar-refractivity contribution in [2.24, 2.45) is 5.18 Å². The van der Waals surface area contributed by atoms with Gasteiger partial charge in [0, 0.05) is 44.3 Å². The number of ether oxygens (including phenoxy) is 3. The quantitative estimate of drug-likeness (QED) is 0.355. The van der Waals surface area contributed by atoms with Gasteiger partial charge in [0.25, 0.3) is 0 Å². The molecular formula is C27H36N5O6P. The number of aromatic nitrogens is 2. The fourth-order valence-electron chi connectivity index (χ4n) is 4.69. The van der Waals surface area contributed by atoms with Crippen LogP contribution in [0.3, 0.4) is 0 Å². The molecule has 0 N–H and O–H groups in total. The second-order valence-electron chi connectivity index (χ2n) is 10.2. The number of amides is 2. The van der Waals surface area contributed by atoms with E-state index in [1.54, 1.807) is 9.80 Å². The van der Waals surface area contributed by atoms with Gasteiger partial charge in [-0.15, -0.1) is 9.24 Å². The first-order valence-electron chi connectivity index (χ1n) is 13.3. The highest BCUT2D eigenvalue weighted by Crippen LogP contribution is 2.29. The van der Waals surface area contributed by atoms with Crippen LogP contribution in [0.4, 0.5) is 4.79 Å². The number of benzene rings is 1. The lowest BCUT2D eigenvalue weighted by atomic mass is 10.0. The van der Waals surface area contributed by atoms with Crippen LogP contribution in [0.25, 0.3) is 0 Å². The number of carbonyl (C=O) groups is 2. The number of nitroso groups, excluding NO2 is 1. The van der Waals surface area contributed by atoms with Crippen molar-refractivity contribution in [3.8, 4) is 17.5 Å². The molecule has 0 spiro atoms. The van der Waals surface area contributed by atoms with Gasteiger partial charge < -0.3 is 24.0 Å². The van der Waals surface area contributed by atoms with Crippen molar-refractivity contribution in [1.29, 1.82) is 0 Å². The smallest absolute Gasteiger partial charge is 0.410 e. The molecule has 0 radical (unpaired) electrons. The summed E-state index contributed by atoms with van der Waals surface area (Å²) in [6.07, 6.45) is 3.99. The highest BCUT2D eigenvalue weighted by molar-refractivity contribution is 7.27. The van der Waals surface area contributed by atoms with Crippen molar-refractivity contribution in [2.45, 2.75) is 71.1 Å². The molecule has 39 heavy (non-hydrogen) atoms. The molecule has 2 unspecified atom stereocenters. The Morgan fingerprint density at radius 3 is 2.54 bits per heavy atom. The number of carbonyl (C=O) groups excluding carboxylic acids is 2. The highest BCUT2D eigenvalue weighted by Gasteiger charge is 2.27. The number of nitrogens with zero attached hydrogens (tertiary/aromatic N) is 5. The molecule has 1 aromatic carbocycles. The van der Waals surface area contributed by atoms with Gasteiger partial charge in [0.15, 0.2) is 0 Å². The highest BCUT2D eigenvalue weighted by atomic mass is 31.0. The molecule has 2 fully saturated rings. The molecule has 2 aliphatic rings. The van der Waals surface area contributed by atoms with E-state index >= 15 is 0 Å². The summed E-state index contributed by atoms with van der Waals surface area (Å²) in [6.45, 7) is 7.67. The molecule has 0 aliphatic carbocycles. The van der Waals surface area contributed by atoms with Gasteiger partial charge in [-0.2, -0.15) is 4.91 Å². The van der Waals surface area contributed by atoms with Crippen molar-refractivity contribution in [3.05, 3.63) is 40.6 Å². The summed E-state index contributed by atoms with van der Waals surface area (Å²) in [5, 5.41) is 3.90. The molecule has 210 valence electrons. The lowest BCUT2D eigenvalue weighted by Crippen LogP contribution is -2.42. The number of piperidine rings is 2. The minimum atomic E-state index is -0.318. The minimum absolute atomic E-state index is 0.0162. The molecule has 0 bridgehead atoms. The van der Waals surface area contributed by atoms with E-state index in [2.05, 4.69) is 24.4 Å². The zero-order valence-electron chi connectivity index (χ0n) is 22.7. The zero-order chi connectivity index (χ0) is 27.9. The molecular weight excluding hydrogens is 521 g/mol. The fourth-order valence-corrected chi connectivity index (χ4v) is 5.06. The third kappa shape index (κ3) is 7.62. The van der Waals surface area contributed by atoms with Crippen LogP contribution < -0.4 is 14.8 Å². The van der Waals surface area contributed by atoms with Crippen LogP contribution in [-0.4, -0.2) is 76.2 Å². The zero-order valence-corrected chi connectivity index (χ0v) is 23.8. The van der Waals surface area contributed by atoms with E-state index in [9.17, 15) is 14.5 Å². The molecule has 2 amide bonds. The van der Waals surface area contributed by atoms with E-state index in [-0.39, 0.29) is 36.7 Å². The molecule has 0 saturated carbocycles. The second kappa shape index (κ2) is 13.2. The Kier molecular flexibility index (Phi) is 9.67. The number of hydrogen-bond acceptors (Lipinski definition) is 9. The van der Waals surface area contributed by atoms with E-state index in [4.69, 9.17) is 14.2 Å². The maximum atomic E-state index is 12.7. The SMILES string of the molecule is Cc1c(Oc2ccc(CC(=O)N3CCCC(N=O)C3)cc2P)ncnc1OC1CCN(C(=O)OC(C)C)CC1. The van der Waals surface area contributed by atoms with Crippen LogP contribution in [0.5, 0.6) is 17.5 Å². The summed E-state index contributed by atoms with van der Waals surface area (Å²) in [4.78, 5) is 47.8. The molecule has 1 aromatic heterocycles. The van der Waals surface area contributed by atoms with Gasteiger partial charge in [-0.25, -0.2) is 14.8 Å². The fraction of sp³-hybridized carbons (Fsp3) is 0.556. The van der Waals surface area contributed by atoms with Crippen LogP contribution >= 0.6 is 9.24 Å². The normalized spacial score (nSPS) is 18.1. The predicted octanol–water partition coefficient (Wildman–Crippen LogP) is 3.77. The van der Waals surface area contributed by atoms with Crippen molar-refractivity contribution in [2.75, 3.05) is 26.2 Å². The van der Waals surface area contributed by atoms with Crippen LogP contribution in [0.2, 0.25) is 0 Å². The van der Waals surface area contributed by atoms with Gasteiger partial charge in [0.05, 0.1) is 18.1 Å². The summed E-state index contributed by atoms with van der Waals surface area (Å²) in [7, 11) is 2.64. The average Bonchev–Trinajstić information content (AvgIpc) is 2.92. The molecule has 4 rings (SSSR count). The topological polar surface area (TPSA) is 124 Å². The van der Waals surface area contributed by atoms with Crippen LogP contribution in [-0.2, 0) is 16.0 Å². The number of likely N-dealkylation sites (tertiary alicyclic amines) is 2.